The van der Waals surface area contributed by atoms with Crippen molar-refractivity contribution >= 4 is 5.91 Å². The molecule has 0 aromatic heterocycles. The third-order valence-corrected chi connectivity index (χ3v) is 3.08. The molecule has 3 heteroatoms. The van der Waals surface area contributed by atoms with Gasteiger partial charge in [0.2, 0.25) is 5.91 Å². The summed E-state index contributed by atoms with van der Waals surface area (Å²) in [5.41, 5.74) is 1.26. The van der Waals surface area contributed by atoms with Crippen LogP contribution >= 0.6 is 0 Å². The second-order valence-corrected chi connectivity index (χ2v) is 4.52. The summed E-state index contributed by atoms with van der Waals surface area (Å²) in [6, 6.07) is 10.2. The maximum atomic E-state index is 11.6. The molecule has 0 saturated carbocycles. The van der Waals surface area contributed by atoms with Crippen molar-refractivity contribution in [3.8, 4) is 0 Å². The molecule has 0 spiro atoms. The third-order valence-electron chi connectivity index (χ3n) is 3.08. The Labute approximate surface area is 102 Å². The van der Waals surface area contributed by atoms with Crippen molar-refractivity contribution in [2.75, 3.05) is 19.8 Å². The first-order valence-electron chi connectivity index (χ1n) is 6.23. The van der Waals surface area contributed by atoms with Crippen molar-refractivity contribution in [1.82, 2.24) is 5.32 Å². The maximum absolute atomic E-state index is 11.6. The van der Waals surface area contributed by atoms with Gasteiger partial charge in [0.1, 0.15) is 0 Å². The van der Waals surface area contributed by atoms with Crippen LogP contribution in [0.4, 0.5) is 0 Å². The summed E-state index contributed by atoms with van der Waals surface area (Å²) in [6.45, 7) is 2.27. The van der Waals surface area contributed by atoms with E-state index in [1.807, 2.05) is 18.2 Å². The molecule has 1 aliphatic rings. The standard InChI is InChI=1S/C14H19NO2/c16-14(10-13-7-9-17-11-13)15-8-6-12-4-2-1-3-5-12/h1-5,13H,6-11H2,(H,15,16). The fourth-order valence-corrected chi connectivity index (χ4v) is 2.07. The Balaban J connectivity index is 1.63. The lowest BCUT2D eigenvalue weighted by molar-refractivity contribution is -0.122. The van der Waals surface area contributed by atoms with Crippen molar-refractivity contribution in [1.29, 1.82) is 0 Å². The van der Waals surface area contributed by atoms with Crippen molar-refractivity contribution in [3.63, 3.8) is 0 Å². The van der Waals surface area contributed by atoms with Crippen molar-refractivity contribution in [2.24, 2.45) is 5.92 Å². The van der Waals surface area contributed by atoms with Crippen LogP contribution in [0.1, 0.15) is 18.4 Å². The van der Waals surface area contributed by atoms with Gasteiger partial charge in [0.25, 0.3) is 0 Å². The van der Waals surface area contributed by atoms with Gasteiger partial charge in [0.05, 0.1) is 0 Å². The molecular weight excluding hydrogens is 214 g/mol. The Morgan fingerprint density at radius 3 is 2.88 bits per heavy atom. The Hall–Kier alpha value is -1.35. The number of hydrogen-bond acceptors (Lipinski definition) is 2. The number of ether oxygens (including phenoxy) is 1. The van der Waals surface area contributed by atoms with Gasteiger partial charge in [0.15, 0.2) is 0 Å². The topological polar surface area (TPSA) is 38.3 Å². The highest BCUT2D eigenvalue weighted by atomic mass is 16.5. The lowest BCUT2D eigenvalue weighted by atomic mass is 10.0. The lowest BCUT2D eigenvalue weighted by Crippen LogP contribution is -2.27. The summed E-state index contributed by atoms with van der Waals surface area (Å²) in [5.74, 6) is 0.572. The molecule has 3 nitrogen and oxygen atoms in total. The van der Waals surface area contributed by atoms with Gasteiger partial charge in [-0.25, -0.2) is 0 Å². The Morgan fingerprint density at radius 1 is 1.35 bits per heavy atom. The molecule has 0 aliphatic carbocycles. The summed E-state index contributed by atoms with van der Waals surface area (Å²) >= 11 is 0. The fraction of sp³-hybridized carbons (Fsp3) is 0.500. The highest BCUT2D eigenvalue weighted by Crippen LogP contribution is 2.15. The monoisotopic (exact) mass is 233 g/mol. The first-order valence-corrected chi connectivity index (χ1v) is 6.23. The Kier molecular flexibility index (Phi) is 4.56. The van der Waals surface area contributed by atoms with Gasteiger partial charge in [-0.15, -0.1) is 0 Å². The quantitative estimate of drug-likeness (QED) is 0.841. The zero-order chi connectivity index (χ0) is 11.9. The molecular formula is C14H19NO2. The minimum Gasteiger partial charge on any atom is -0.381 e. The fourth-order valence-electron chi connectivity index (χ4n) is 2.07. The SMILES string of the molecule is O=C(CC1CCOC1)NCCc1ccccc1. The van der Waals surface area contributed by atoms with Crippen LogP contribution in [0.15, 0.2) is 30.3 Å². The van der Waals surface area contributed by atoms with Crippen LogP contribution in [0.5, 0.6) is 0 Å². The molecule has 1 amide bonds. The van der Waals surface area contributed by atoms with Crippen molar-refractivity contribution in [3.05, 3.63) is 35.9 Å². The largest absolute Gasteiger partial charge is 0.381 e. The van der Waals surface area contributed by atoms with Crippen molar-refractivity contribution in [2.45, 2.75) is 19.3 Å². The molecule has 92 valence electrons. The number of nitrogens with one attached hydrogen (secondary N) is 1. The van der Waals surface area contributed by atoms with E-state index in [-0.39, 0.29) is 5.91 Å². The zero-order valence-electron chi connectivity index (χ0n) is 10.0. The summed E-state index contributed by atoms with van der Waals surface area (Å²) < 4.78 is 5.25. The predicted molar refractivity (Wildman–Crippen MR) is 66.7 cm³/mol. The van der Waals surface area contributed by atoms with Gasteiger partial charge in [0, 0.05) is 26.2 Å². The number of benzene rings is 1. The van der Waals surface area contributed by atoms with E-state index in [4.69, 9.17) is 4.74 Å². The molecule has 17 heavy (non-hydrogen) atoms. The first-order chi connectivity index (χ1) is 8.34. The van der Waals surface area contributed by atoms with Crippen LogP contribution in [0.25, 0.3) is 0 Å². The van der Waals surface area contributed by atoms with E-state index in [1.165, 1.54) is 5.56 Å². The third kappa shape index (κ3) is 4.19. The number of hydrogen-bond donors (Lipinski definition) is 1. The van der Waals surface area contributed by atoms with E-state index in [0.717, 1.165) is 32.6 Å². The summed E-state index contributed by atoms with van der Waals surface area (Å²) in [4.78, 5) is 11.6. The highest BCUT2D eigenvalue weighted by Gasteiger charge is 2.18. The van der Waals surface area contributed by atoms with Gasteiger partial charge in [-0.2, -0.15) is 0 Å². The van der Waals surface area contributed by atoms with E-state index in [9.17, 15) is 4.79 Å². The molecule has 1 N–H and O–H groups in total. The average molecular weight is 233 g/mol. The van der Waals surface area contributed by atoms with Crippen LogP contribution in [0, 0.1) is 5.92 Å². The molecule has 0 bridgehead atoms. The van der Waals surface area contributed by atoms with Gasteiger partial charge < -0.3 is 10.1 Å². The van der Waals surface area contributed by atoms with Gasteiger partial charge in [-0.3, -0.25) is 4.79 Å². The van der Waals surface area contributed by atoms with E-state index in [1.54, 1.807) is 0 Å². The molecule has 1 aliphatic heterocycles. The molecule has 1 aromatic rings. The lowest BCUT2D eigenvalue weighted by Gasteiger charge is -2.08. The molecule has 0 radical (unpaired) electrons. The molecule has 1 heterocycles. The molecule has 1 unspecified atom stereocenters. The predicted octanol–water partition coefficient (Wildman–Crippen LogP) is 1.77. The molecule has 1 fully saturated rings. The van der Waals surface area contributed by atoms with Crippen LogP contribution < -0.4 is 5.32 Å². The molecule has 1 saturated heterocycles. The number of rotatable bonds is 5. The molecule has 1 aromatic carbocycles. The Bertz CT molecular complexity index is 344. The summed E-state index contributed by atoms with van der Waals surface area (Å²) in [6.07, 6.45) is 2.52. The highest BCUT2D eigenvalue weighted by molar-refractivity contribution is 5.76. The minimum atomic E-state index is 0.149. The second-order valence-electron chi connectivity index (χ2n) is 4.52. The molecule has 1 atom stereocenters. The first kappa shape index (κ1) is 12.1. The Morgan fingerprint density at radius 2 is 2.18 bits per heavy atom. The van der Waals surface area contributed by atoms with Crippen LogP contribution in [0.3, 0.4) is 0 Å². The van der Waals surface area contributed by atoms with E-state index >= 15 is 0 Å². The van der Waals surface area contributed by atoms with E-state index in [0.29, 0.717) is 12.3 Å². The van der Waals surface area contributed by atoms with Gasteiger partial charge in [-0.1, -0.05) is 30.3 Å². The van der Waals surface area contributed by atoms with Crippen LogP contribution in [-0.4, -0.2) is 25.7 Å². The number of carbonyl (C=O) groups excluding carboxylic acids is 1. The van der Waals surface area contributed by atoms with E-state index in [2.05, 4.69) is 17.4 Å². The normalized spacial score (nSPS) is 19.2. The van der Waals surface area contributed by atoms with Crippen LogP contribution in [0.2, 0.25) is 0 Å². The van der Waals surface area contributed by atoms with Crippen molar-refractivity contribution < 1.29 is 9.53 Å². The maximum Gasteiger partial charge on any atom is 0.220 e. The zero-order valence-corrected chi connectivity index (χ0v) is 10.0. The average Bonchev–Trinajstić information content (AvgIpc) is 2.83. The summed E-state index contributed by atoms with van der Waals surface area (Å²) in [5, 5.41) is 2.96. The van der Waals surface area contributed by atoms with Gasteiger partial charge in [-0.05, 0) is 24.3 Å². The molecule has 2 rings (SSSR count). The van der Waals surface area contributed by atoms with Crippen LogP contribution in [-0.2, 0) is 16.0 Å². The number of carbonyl (C=O) groups is 1. The smallest absolute Gasteiger partial charge is 0.220 e. The van der Waals surface area contributed by atoms with Gasteiger partial charge >= 0.3 is 0 Å². The number of amides is 1. The van der Waals surface area contributed by atoms with E-state index < -0.39 is 0 Å². The summed E-state index contributed by atoms with van der Waals surface area (Å²) in [7, 11) is 0. The second kappa shape index (κ2) is 6.40. The minimum absolute atomic E-state index is 0.149.